The Morgan fingerprint density at radius 1 is 1.38 bits per heavy atom. The van der Waals surface area contributed by atoms with Gasteiger partial charge < -0.3 is 14.8 Å². The molecule has 0 aliphatic heterocycles. The fraction of sp³-hybridized carbons (Fsp3) is 0.364. The Bertz CT molecular complexity index is 368. The molecule has 0 radical (unpaired) electrons. The van der Waals surface area contributed by atoms with E-state index < -0.39 is 0 Å². The summed E-state index contributed by atoms with van der Waals surface area (Å²) in [5, 5.41) is 3.04. The van der Waals surface area contributed by atoms with Crippen LogP contribution >= 0.6 is 15.9 Å². The molecule has 1 aromatic carbocycles. The molecule has 5 heteroatoms. The van der Waals surface area contributed by atoms with Crippen LogP contribution in [0.5, 0.6) is 11.5 Å². The zero-order valence-corrected chi connectivity index (χ0v) is 10.8. The molecule has 0 bridgehead atoms. The molecule has 88 valence electrons. The van der Waals surface area contributed by atoms with Crippen LogP contribution in [0.3, 0.4) is 0 Å². The third kappa shape index (κ3) is 3.13. The van der Waals surface area contributed by atoms with Crippen molar-refractivity contribution in [3.8, 4) is 11.5 Å². The number of hydrogen-bond donors (Lipinski definition) is 1. The van der Waals surface area contributed by atoms with Gasteiger partial charge in [0.15, 0.2) is 11.5 Å². The third-order valence-electron chi connectivity index (χ3n) is 2.08. The normalized spacial score (nSPS) is 9.69. The number of nitrogens with one attached hydrogen (secondary N) is 1. The third-order valence-corrected chi connectivity index (χ3v) is 2.59. The number of carbonyl (C=O) groups is 1. The first kappa shape index (κ1) is 12.8. The Hall–Kier alpha value is -1.23. The lowest BCUT2D eigenvalue weighted by atomic mass is 10.2. The molecule has 0 aliphatic carbocycles. The minimum absolute atomic E-state index is 0.0649. The zero-order valence-electron chi connectivity index (χ0n) is 9.25. The van der Waals surface area contributed by atoms with Crippen molar-refractivity contribution in [2.45, 2.75) is 6.54 Å². The van der Waals surface area contributed by atoms with Crippen LogP contribution in [0.25, 0.3) is 0 Å². The second-order valence-electron chi connectivity index (χ2n) is 3.06. The van der Waals surface area contributed by atoms with E-state index in [1.54, 1.807) is 14.2 Å². The van der Waals surface area contributed by atoms with Gasteiger partial charge in [-0.15, -0.1) is 0 Å². The van der Waals surface area contributed by atoms with Gasteiger partial charge in [-0.05, 0) is 6.07 Å². The van der Waals surface area contributed by atoms with Gasteiger partial charge in [-0.2, -0.15) is 0 Å². The molecule has 0 atom stereocenters. The number of para-hydroxylation sites is 1. The monoisotopic (exact) mass is 287 g/mol. The van der Waals surface area contributed by atoms with Gasteiger partial charge in [0.25, 0.3) is 0 Å². The molecule has 0 spiro atoms. The molecule has 4 nitrogen and oxygen atoms in total. The highest BCUT2D eigenvalue weighted by Gasteiger charge is 2.09. The Balaban J connectivity index is 2.82. The van der Waals surface area contributed by atoms with Gasteiger partial charge in [0.2, 0.25) is 5.91 Å². The summed E-state index contributed by atoms with van der Waals surface area (Å²) in [7, 11) is 3.16. The van der Waals surface area contributed by atoms with E-state index in [9.17, 15) is 4.79 Å². The maximum Gasteiger partial charge on any atom is 0.230 e. The molecule has 0 saturated heterocycles. The van der Waals surface area contributed by atoms with Crippen molar-refractivity contribution in [1.29, 1.82) is 0 Å². The van der Waals surface area contributed by atoms with E-state index in [4.69, 9.17) is 9.47 Å². The van der Waals surface area contributed by atoms with Crippen molar-refractivity contribution < 1.29 is 14.3 Å². The molecule has 0 saturated carbocycles. The SMILES string of the molecule is COc1cccc(CNC(=O)CBr)c1OC. The van der Waals surface area contributed by atoms with Crippen LogP contribution in [0.15, 0.2) is 18.2 Å². The lowest BCUT2D eigenvalue weighted by Crippen LogP contribution is -2.23. The number of ether oxygens (including phenoxy) is 2. The molecule has 0 aliphatic rings. The van der Waals surface area contributed by atoms with Gasteiger partial charge in [0.1, 0.15) is 0 Å². The van der Waals surface area contributed by atoms with Gasteiger partial charge in [-0.25, -0.2) is 0 Å². The van der Waals surface area contributed by atoms with Crippen LogP contribution in [0.4, 0.5) is 0 Å². The van der Waals surface area contributed by atoms with Gasteiger partial charge >= 0.3 is 0 Å². The molecule has 1 N–H and O–H groups in total. The predicted molar refractivity (Wildman–Crippen MR) is 65.2 cm³/mol. The molecule has 1 amide bonds. The van der Waals surface area contributed by atoms with Crippen molar-refractivity contribution in [2.24, 2.45) is 0 Å². The molecule has 1 rings (SSSR count). The van der Waals surface area contributed by atoms with Gasteiger partial charge in [0.05, 0.1) is 19.5 Å². The molecule has 0 unspecified atom stereocenters. The zero-order chi connectivity index (χ0) is 12.0. The number of alkyl halides is 1. The minimum atomic E-state index is -0.0649. The van der Waals surface area contributed by atoms with Gasteiger partial charge in [-0.1, -0.05) is 28.1 Å². The van der Waals surface area contributed by atoms with E-state index in [0.29, 0.717) is 23.4 Å². The standard InChI is InChI=1S/C11H14BrNO3/c1-15-9-5-3-4-8(11(9)16-2)7-13-10(14)6-12/h3-5H,6-7H2,1-2H3,(H,13,14). The van der Waals surface area contributed by atoms with Crippen molar-refractivity contribution >= 4 is 21.8 Å². The molecule has 0 aromatic heterocycles. The summed E-state index contributed by atoms with van der Waals surface area (Å²) in [5.74, 6) is 1.25. The average molecular weight is 288 g/mol. The number of carbonyl (C=O) groups excluding carboxylic acids is 1. The summed E-state index contributed by atoms with van der Waals surface area (Å²) in [6, 6.07) is 5.56. The molecular formula is C11H14BrNO3. The van der Waals surface area contributed by atoms with E-state index >= 15 is 0 Å². The highest BCUT2D eigenvalue weighted by molar-refractivity contribution is 9.09. The Kier molecular flexibility index (Phi) is 5.11. The average Bonchev–Trinajstić information content (AvgIpc) is 2.34. The second-order valence-corrected chi connectivity index (χ2v) is 3.62. The van der Waals surface area contributed by atoms with E-state index in [1.807, 2.05) is 18.2 Å². The highest BCUT2D eigenvalue weighted by Crippen LogP contribution is 2.30. The number of halogens is 1. The first-order valence-electron chi connectivity index (χ1n) is 4.75. The lowest BCUT2D eigenvalue weighted by Gasteiger charge is -2.12. The summed E-state index contributed by atoms with van der Waals surface area (Å²) < 4.78 is 10.4. The van der Waals surface area contributed by atoms with Crippen LogP contribution in [0.1, 0.15) is 5.56 Å². The lowest BCUT2D eigenvalue weighted by molar-refractivity contribution is -0.118. The molecule has 16 heavy (non-hydrogen) atoms. The van der Waals surface area contributed by atoms with E-state index in [1.165, 1.54) is 0 Å². The van der Waals surface area contributed by atoms with Crippen LogP contribution in [0.2, 0.25) is 0 Å². The van der Waals surface area contributed by atoms with Crippen LogP contribution < -0.4 is 14.8 Å². The quantitative estimate of drug-likeness (QED) is 0.839. The predicted octanol–water partition coefficient (Wildman–Crippen LogP) is 1.71. The minimum Gasteiger partial charge on any atom is -0.493 e. The summed E-state index contributed by atoms with van der Waals surface area (Å²) in [5.41, 5.74) is 0.885. The number of hydrogen-bond acceptors (Lipinski definition) is 3. The Morgan fingerprint density at radius 3 is 2.69 bits per heavy atom. The van der Waals surface area contributed by atoms with Crippen LogP contribution in [-0.4, -0.2) is 25.5 Å². The van der Waals surface area contributed by atoms with Crippen molar-refractivity contribution in [3.63, 3.8) is 0 Å². The summed E-state index contributed by atoms with van der Waals surface area (Å²) in [4.78, 5) is 11.1. The van der Waals surface area contributed by atoms with Crippen molar-refractivity contribution in [3.05, 3.63) is 23.8 Å². The van der Waals surface area contributed by atoms with E-state index in [-0.39, 0.29) is 5.91 Å². The maximum absolute atomic E-state index is 11.1. The summed E-state index contributed by atoms with van der Waals surface area (Å²) >= 11 is 3.08. The second kappa shape index (κ2) is 6.37. The molecule has 0 fully saturated rings. The Morgan fingerprint density at radius 2 is 2.12 bits per heavy atom. The number of amides is 1. The molecule has 0 heterocycles. The van der Waals surface area contributed by atoms with Crippen LogP contribution in [0, 0.1) is 0 Å². The smallest absolute Gasteiger partial charge is 0.230 e. The summed E-state index contributed by atoms with van der Waals surface area (Å²) in [6.07, 6.45) is 0. The number of rotatable bonds is 5. The van der Waals surface area contributed by atoms with Crippen molar-refractivity contribution in [1.82, 2.24) is 5.32 Å². The Labute approximate surface area is 103 Å². The number of benzene rings is 1. The maximum atomic E-state index is 11.1. The topological polar surface area (TPSA) is 47.6 Å². The van der Waals surface area contributed by atoms with Gasteiger partial charge in [0, 0.05) is 12.1 Å². The molecular weight excluding hydrogens is 274 g/mol. The van der Waals surface area contributed by atoms with Crippen molar-refractivity contribution in [2.75, 3.05) is 19.5 Å². The first-order chi connectivity index (χ1) is 7.72. The summed E-state index contributed by atoms with van der Waals surface area (Å²) in [6.45, 7) is 0.421. The van der Waals surface area contributed by atoms with E-state index in [0.717, 1.165) is 5.56 Å². The molecule has 1 aromatic rings. The van der Waals surface area contributed by atoms with Gasteiger partial charge in [-0.3, -0.25) is 4.79 Å². The largest absolute Gasteiger partial charge is 0.493 e. The van der Waals surface area contributed by atoms with E-state index in [2.05, 4.69) is 21.2 Å². The number of methoxy groups -OCH3 is 2. The first-order valence-corrected chi connectivity index (χ1v) is 5.87. The fourth-order valence-electron chi connectivity index (χ4n) is 1.33. The highest BCUT2D eigenvalue weighted by atomic mass is 79.9. The van der Waals surface area contributed by atoms with Crippen LogP contribution in [-0.2, 0) is 11.3 Å². The fourth-order valence-corrected chi connectivity index (χ4v) is 1.53.